The van der Waals surface area contributed by atoms with E-state index in [-0.39, 0.29) is 24.2 Å². The number of hydrogen-bond acceptors (Lipinski definition) is 3. The highest BCUT2D eigenvalue weighted by atomic mass is 16.2. The highest BCUT2D eigenvalue weighted by Crippen LogP contribution is 2.25. The second-order valence-corrected chi connectivity index (χ2v) is 4.50. The van der Waals surface area contributed by atoms with Gasteiger partial charge in [0, 0.05) is 7.05 Å². The van der Waals surface area contributed by atoms with Gasteiger partial charge in [-0.2, -0.15) is 0 Å². The third-order valence-electron chi connectivity index (χ3n) is 3.37. The molecule has 1 aromatic carbocycles. The van der Waals surface area contributed by atoms with Gasteiger partial charge in [0.15, 0.2) is 0 Å². The summed E-state index contributed by atoms with van der Waals surface area (Å²) in [6.45, 7) is 0. The first-order chi connectivity index (χ1) is 8.25. The van der Waals surface area contributed by atoms with Gasteiger partial charge >= 0.3 is 0 Å². The molecule has 3 unspecified atom stereocenters. The van der Waals surface area contributed by atoms with Crippen molar-refractivity contribution in [3.63, 3.8) is 0 Å². The van der Waals surface area contributed by atoms with E-state index in [1.54, 1.807) is 0 Å². The highest BCUT2D eigenvalue weighted by Gasteiger charge is 2.39. The number of amides is 1. The molecule has 1 amide bonds. The van der Waals surface area contributed by atoms with Crippen LogP contribution in [-0.2, 0) is 4.79 Å². The average Bonchev–Trinajstić information content (AvgIpc) is 2.73. The minimum absolute atomic E-state index is 0.0638. The molecule has 3 atom stereocenters. The predicted molar refractivity (Wildman–Crippen MR) is 64.6 cm³/mol. The monoisotopic (exact) mass is 229 g/mol. The summed E-state index contributed by atoms with van der Waals surface area (Å²) < 4.78 is 0. The van der Waals surface area contributed by atoms with Crippen LogP contribution in [0.2, 0.25) is 0 Å². The zero-order valence-corrected chi connectivity index (χ0v) is 9.63. The first kappa shape index (κ1) is 10.4. The van der Waals surface area contributed by atoms with Crippen molar-refractivity contribution in [2.45, 2.75) is 12.3 Å². The lowest BCUT2D eigenvalue weighted by atomic mass is 10.0. The third-order valence-corrected chi connectivity index (χ3v) is 3.37. The van der Waals surface area contributed by atoms with E-state index in [4.69, 9.17) is 0 Å². The predicted octanol–water partition coefficient (Wildman–Crippen LogP) is 0.806. The largest absolute Gasteiger partial charge is 0.364 e. The molecular formula is C13H15N3O. The Labute approximate surface area is 100 Å². The van der Waals surface area contributed by atoms with Gasteiger partial charge in [0.25, 0.3) is 0 Å². The molecule has 0 radical (unpaired) electrons. The summed E-state index contributed by atoms with van der Waals surface area (Å²) in [6.07, 6.45) is 3.85. The Bertz CT molecular complexity index is 457. The molecule has 17 heavy (non-hydrogen) atoms. The molecule has 1 aromatic rings. The van der Waals surface area contributed by atoms with Crippen LogP contribution in [0.3, 0.4) is 0 Å². The Morgan fingerprint density at radius 2 is 2.00 bits per heavy atom. The molecule has 0 spiro atoms. The van der Waals surface area contributed by atoms with Gasteiger partial charge in [-0.3, -0.25) is 10.1 Å². The molecule has 1 saturated heterocycles. The standard InChI is InChI=1S/C13H15N3O/c1-16-8-7-10-12(16)14-11(15-13(10)17)9-5-3-2-4-6-9/h2-8,10-12,14H,1H3,(H,15,17). The van der Waals surface area contributed by atoms with Gasteiger partial charge < -0.3 is 10.2 Å². The van der Waals surface area contributed by atoms with Crippen LogP contribution in [0.25, 0.3) is 0 Å². The maximum Gasteiger partial charge on any atom is 0.231 e. The first-order valence-corrected chi connectivity index (χ1v) is 5.77. The van der Waals surface area contributed by atoms with Gasteiger partial charge in [-0.05, 0) is 11.8 Å². The van der Waals surface area contributed by atoms with Gasteiger partial charge in [0.05, 0.1) is 12.1 Å². The first-order valence-electron chi connectivity index (χ1n) is 5.77. The SMILES string of the molecule is CN1C=CC2C(=O)NC(c3ccccc3)NC21. The van der Waals surface area contributed by atoms with Crippen LogP contribution in [0.4, 0.5) is 0 Å². The van der Waals surface area contributed by atoms with Gasteiger partial charge in [-0.15, -0.1) is 0 Å². The molecule has 4 heteroatoms. The zero-order valence-electron chi connectivity index (χ0n) is 9.63. The van der Waals surface area contributed by atoms with E-state index in [2.05, 4.69) is 10.6 Å². The molecule has 1 fully saturated rings. The van der Waals surface area contributed by atoms with E-state index >= 15 is 0 Å². The summed E-state index contributed by atoms with van der Waals surface area (Å²) in [4.78, 5) is 14.0. The van der Waals surface area contributed by atoms with Crippen molar-refractivity contribution >= 4 is 5.91 Å². The van der Waals surface area contributed by atoms with Gasteiger partial charge in [0.1, 0.15) is 6.17 Å². The number of hydrogen-bond donors (Lipinski definition) is 2. The fraction of sp³-hybridized carbons (Fsp3) is 0.308. The smallest absolute Gasteiger partial charge is 0.231 e. The zero-order chi connectivity index (χ0) is 11.8. The molecular weight excluding hydrogens is 214 g/mol. The van der Waals surface area contributed by atoms with Crippen LogP contribution in [0.1, 0.15) is 11.7 Å². The second kappa shape index (κ2) is 3.89. The van der Waals surface area contributed by atoms with E-state index in [0.29, 0.717) is 0 Å². The van der Waals surface area contributed by atoms with Gasteiger partial charge in [-0.25, -0.2) is 0 Å². The number of nitrogens with zero attached hydrogens (tertiary/aromatic N) is 1. The van der Waals surface area contributed by atoms with Crippen molar-refractivity contribution in [3.8, 4) is 0 Å². The highest BCUT2D eigenvalue weighted by molar-refractivity contribution is 5.83. The van der Waals surface area contributed by atoms with E-state index in [1.807, 2.05) is 54.6 Å². The molecule has 4 nitrogen and oxygen atoms in total. The number of carbonyl (C=O) groups is 1. The van der Waals surface area contributed by atoms with Crippen LogP contribution < -0.4 is 10.6 Å². The Morgan fingerprint density at radius 3 is 2.76 bits per heavy atom. The topological polar surface area (TPSA) is 44.4 Å². The fourth-order valence-electron chi connectivity index (χ4n) is 2.41. The van der Waals surface area contributed by atoms with Crippen molar-refractivity contribution in [1.29, 1.82) is 0 Å². The van der Waals surface area contributed by atoms with E-state index in [1.165, 1.54) is 0 Å². The summed E-state index contributed by atoms with van der Waals surface area (Å²) in [6, 6.07) is 9.96. The Morgan fingerprint density at radius 1 is 1.24 bits per heavy atom. The molecule has 2 heterocycles. The Hall–Kier alpha value is -1.81. The van der Waals surface area contributed by atoms with Crippen molar-refractivity contribution < 1.29 is 4.79 Å². The van der Waals surface area contributed by atoms with Crippen LogP contribution in [0.5, 0.6) is 0 Å². The maximum atomic E-state index is 12.0. The van der Waals surface area contributed by atoms with Gasteiger partial charge in [-0.1, -0.05) is 36.4 Å². The summed E-state index contributed by atoms with van der Waals surface area (Å²) in [5.74, 6) is 0.00293. The number of benzene rings is 1. The average molecular weight is 229 g/mol. The maximum absolute atomic E-state index is 12.0. The molecule has 2 aliphatic heterocycles. The molecule has 88 valence electrons. The normalized spacial score (nSPS) is 31.2. The van der Waals surface area contributed by atoms with E-state index in [0.717, 1.165) is 5.56 Å². The van der Waals surface area contributed by atoms with Gasteiger partial charge in [0.2, 0.25) is 5.91 Å². The quantitative estimate of drug-likeness (QED) is 0.749. The number of rotatable bonds is 1. The van der Waals surface area contributed by atoms with Crippen LogP contribution in [0, 0.1) is 5.92 Å². The summed E-state index contributed by atoms with van der Waals surface area (Å²) in [5, 5.41) is 6.44. The molecule has 2 N–H and O–H groups in total. The second-order valence-electron chi connectivity index (χ2n) is 4.50. The minimum atomic E-state index is -0.104. The van der Waals surface area contributed by atoms with E-state index < -0.39 is 0 Å². The molecule has 0 saturated carbocycles. The third kappa shape index (κ3) is 1.70. The minimum Gasteiger partial charge on any atom is -0.364 e. The van der Waals surface area contributed by atoms with Crippen molar-refractivity contribution in [2.75, 3.05) is 7.05 Å². The molecule has 0 aliphatic carbocycles. The van der Waals surface area contributed by atoms with Crippen LogP contribution in [0.15, 0.2) is 42.6 Å². The lowest BCUT2D eigenvalue weighted by molar-refractivity contribution is -0.128. The Kier molecular flexibility index (Phi) is 2.37. The lowest BCUT2D eigenvalue weighted by Gasteiger charge is -2.37. The van der Waals surface area contributed by atoms with E-state index in [9.17, 15) is 4.79 Å². The summed E-state index contributed by atoms with van der Waals surface area (Å²) in [7, 11) is 1.98. The summed E-state index contributed by atoms with van der Waals surface area (Å²) >= 11 is 0. The van der Waals surface area contributed by atoms with Crippen molar-refractivity contribution in [3.05, 3.63) is 48.2 Å². The Balaban J connectivity index is 1.84. The fourth-order valence-corrected chi connectivity index (χ4v) is 2.41. The molecule has 0 bridgehead atoms. The van der Waals surface area contributed by atoms with Crippen LogP contribution >= 0.6 is 0 Å². The van der Waals surface area contributed by atoms with Crippen molar-refractivity contribution in [1.82, 2.24) is 15.5 Å². The molecule has 3 rings (SSSR count). The summed E-state index contributed by atoms with van der Waals surface area (Å²) in [5.41, 5.74) is 1.08. The molecule has 2 aliphatic rings. The molecule has 0 aromatic heterocycles. The lowest BCUT2D eigenvalue weighted by Crippen LogP contribution is -2.58. The number of nitrogens with one attached hydrogen (secondary N) is 2. The van der Waals surface area contributed by atoms with Crippen LogP contribution in [-0.4, -0.2) is 24.0 Å². The van der Waals surface area contributed by atoms with Crippen molar-refractivity contribution in [2.24, 2.45) is 5.92 Å². The number of fused-ring (bicyclic) bond motifs is 1. The number of carbonyl (C=O) groups excluding carboxylic acids is 1.